The van der Waals surface area contributed by atoms with Crippen LogP contribution < -0.4 is 10.6 Å². The molecule has 15 heavy (non-hydrogen) atoms. The van der Waals surface area contributed by atoms with Gasteiger partial charge in [0.2, 0.25) is 5.91 Å². The largest absolute Gasteiger partial charge is 0.383 e. The molecule has 0 spiro atoms. The third-order valence-electron chi connectivity index (χ3n) is 2.43. The maximum atomic E-state index is 10.9. The van der Waals surface area contributed by atoms with Crippen LogP contribution in [-0.2, 0) is 11.2 Å². The van der Waals surface area contributed by atoms with Crippen LogP contribution in [0.3, 0.4) is 0 Å². The van der Waals surface area contributed by atoms with Crippen LogP contribution in [0.2, 0.25) is 0 Å². The molecule has 2 N–H and O–H groups in total. The van der Waals surface area contributed by atoms with Gasteiger partial charge in [-0.3, -0.25) is 4.79 Å². The molecule has 1 aromatic carbocycles. The number of carbonyl (C=O) groups excluding carboxylic acids is 1. The van der Waals surface area contributed by atoms with E-state index in [1.54, 1.807) is 6.92 Å². The normalized spacial score (nSPS) is 18.1. The summed E-state index contributed by atoms with van der Waals surface area (Å²) in [7, 11) is 0. The molecule has 0 radical (unpaired) electrons. The summed E-state index contributed by atoms with van der Waals surface area (Å²) in [5.74, 6) is 0.0381. The summed E-state index contributed by atoms with van der Waals surface area (Å²) >= 11 is 0. The lowest BCUT2D eigenvalue weighted by Gasteiger charge is -2.26. The van der Waals surface area contributed by atoms with Gasteiger partial charge in [-0.05, 0) is 18.1 Å². The Morgan fingerprint density at radius 1 is 1.47 bits per heavy atom. The SMILES string of the molecule is CC(=O)NC1CNc2ccccc2C1.Cl. The van der Waals surface area contributed by atoms with E-state index in [2.05, 4.69) is 22.8 Å². The Balaban J connectivity index is 0.00000112. The van der Waals surface area contributed by atoms with E-state index in [1.807, 2.05) is 12.1 Å². The molecule has 1 aromatic rings. The van der Waals surface area contributed by atoms with Gasteiger partial charge in [0.1, 0.15) is 0 Å². The maximum Gasteiger partial charge on any atom is 0.217 e. The topological polar surface area (TPSA) is 41.1 Å². The highest BCUT2D eigenvalue weighted by Crippen LogP contribution is 2.20. The summed E-state index contributed by atoms with van der Waals surface area (Å²) in [5, 5.41) is 6.22. The Morgan fingerprint density at radius 3 is 2.93 bits per heavy atom. The van der Waals surface area contributed by atoms with Gasteiger partial charge >= 0.3 is 0 Å². The zero-order chi connectivity index (χ0) is 9.97. The lowest BCUT2D eigenvalue weighted by molar-refractivity contribution is -0.119. The van der Waals surface area contributed by atoms with Gasteiger partial charge in [0, 0.05) is 19.2 Å². The fourth-order valence-corrected chi connectivity index (χ4v) is 1.83. The lowest BCUT2D eigenvalue weighted by Crippen LogP contribution is -2.42. The number of anilines is 1. The van der Waals surface area contributed by atoms with Gasteiger partial charge in [-0.1, -0.05) is 18.2 Å². The summed E-state index contributed by atoms with van der Waals surface area (Å²) in [5.41, 5.74) is 2.46. The van der Waals surface area contributed by atoms with Gasteiger partial charge in [0.05, 0.1) is 6.04 Å². The van der Waals surface area contributed by atoms with Crippen LogP contribution in [0.5, 0.6) is 0 Å². The van der Waals surface area contributed by atoms with Crippen molar-refractivity contribution in [1.82, 2.24) is 5.32 Å². The second-order valence-electron chi connectivity index (χ2n) is 3.64. The van der Waals surface area contributed by atoms with Crippen molar-refractivity contribution in [3.05, 3.63) is 29.8 Å². The van der Waals surface area contributed by atoms with Crippen molar-refractivity contribution in [3.63, 3.8) is 0 Å². The molecule has 1 amide bonds. The first-order valence-electron chi connectivity index (χ1n) is 4.84. The number of rotatable bonds is 1. The Bertz CT molecular complexity index is 354. The van der Waals surface area contributed by atoms with Crippen molar-refractivity contribution in [1.29, 1.82) is 0 Å². The Kier molecular flexibility index (Phi) is 3.97. The van der Waals surface area contributed by atoms with Crippen LogP contribution in [0, 0.1) is 0 Å². The van der Waals surface area contributed by atoms with Crippen LogP contribution in [0.15, 0.2) is 24.3 Å². The number of amides is 1. The van der Waals surface area contributed by atoms with Crippen molar-refractivity contribution in [2.45, 2.75) is 19.4 Å². The highest BCUT2D eigenvalue weighted by atomic mass is 35.5. The second kappa shape index (κ2) is 5.03. The molecule has 1 aliphatic heterocycles. The average molecular weight is 227 g/mol. The number of fused-ring (bicyclic) bond motifs is 1. The highest BCUT2D eigenvalue weighted by molar-refractivity contribution is 5.85. The molecule has 0 fully saturated rings. The number of halogens is 1. The molecule has 1 aliphatic rings. The number of benzene rings is 1. The molecule has 1 heterocycles. The van der Waals surface area contributed by atoms with E-state index >= 15 is 0 Å². The third kappa shape index (κ3) is 2.86. The first-order valence-corrected chi connectivity index (χ1v) is 4.84. The van der Waals surface area contributed by atoms with Gasteiger partial charge in [0.15, 0.2) is 0 Å². The monoisotopic (exact) mass is 226 g/mol. The van der Waals surface area contributed by atoms with Crippen molar-refractivity contribution in [2.24, 2.45) is 0 Å². The minimum absolute atomic E-state index is 0. The number of nitrogens with one attached hydrogen (secondary N) is 2. The average Bonchev–Trinajstić information content (AvgIpc) is 2.17. The highest BCUT2D eigenvalue weighted by Gasteiger charge is 2.17. The van der Waals surface area contributed by atoms with E-state index < -0.39 is 0 Å². The summed E-state index contributed by atoms with van der Waals surface area (Å²) in [6.07, 6.45) is 0.919. The third-order valence-corrected chi connectivity index (χ3v) is 2.43. The molecule has 0 saturated heterocycles. The van der Waals surface area contributed by atoms with E-state index in [0.29, 0.717) is 0 Å². The molecule has 1 unspecified atom stereocenters. The molecular weight excluding hydrogens is 212 g/mol. The van der Waals surface area contributed by atoms with Gasteiger partial charge in [0.25, 0.3) is 0 Å². The molecule has 0 bridgehead atoms. The summed E-state index contributed by atoms with van der Waals surface area (Å²) < 4.78 is 0. The molecule has 2 rings (SSSR count). The number of para-hydroxylation sites is 1. The minimum Gasteiger partial charge on any atom is -0.383 e. The van der Waals surface area contributed by atoms with E-state index in [-0.39, 0.29) is 24.4 Å². The van der Waals surface area contributed by atoms with Gasteiger partial charge in [-0.15, -0.1) is 12.4 Å². The standard InChI is InChI=1S/C11H14N2O.ClH/c1-8(14)13-10-6-9-4-2-3-5-11(9)12-7-10;/h2-5,10,12H,6-7H2,1H3,(H,13,14);1H. The fourth-order valence-electron chi connectivity index (χ4n) is 1.83. The van der Waals surface area contributed by atoms with Crippen LogP contribution in [0.25, 0.3) is 0 Å². The molecule has 3 nitrogen and oxygen atoms in total. The van der Waals surface area contributed by atoms with Gasteiger partial charge in [-0.2, -0.15) is 0 Å². The van der Waals surface area contributed by atoms with Crippen molar-refractivity contribution < 1.29 is 4.79 Å². The molecule has 4 heteroatoms. The maximum absolute atomic E-state index is 10.9. The van der Waals surface area contributed by atoms with Crippen LogP contribution in [-0.4, -0.2) is 18.5 Å². The minimum atomic E-state index is 0. The van der Waals surface area contributed by atoms with Crippen molar-refractivity contribution in [2.75, 3.05) is 11.9 Å². The molecule has 1 atom stereocenters. The smallest absolute Gasteiger partial charge is 0.217 e. The first kappa shape index (κ1) is 11.9. The van der Waals surface area contributed by atoms with Gasteiger partial charge in [-0.25, -0.2) is 0 Å². The Labute approximate surface area is 95.7 Å². The molecule has 0 aromatic heterocycles. The lowest BCUT2D eigenvalue weighted by atomic mass is 10.00. The van der Waals surface area contributed by atoms with Gasteiger partial charge < -0.3 is 10.6 Å². The Hall–Kier alpha value is -1.22. The fraction of sp³-hybridized carbons (Fsp3) is 0.364. The van der Waals surface area contributed by atoms with E-state index in [1.165, 1.54) is 11.3 Å². The van der Waals surface area contributed by atoms with Crippen molar-refractivity contribution >= 4 is 24.0 Å². The summed E-state index contributed by atoms with van der Waals surface area (Å²) in [6, 6.07) is 8.43. The van der Waals surface area contributed by atoms with Crippen LogP contribution in [0.4, 0.5) is 5.69 Å². The molecule has 82 valence electrons. The molecular formula is C11H15ClN2O. The first-order chi connectivity index (χ1) is 6.75. The predicted octanol–water partition coefficient (Wildman–Crippen LogP) is 1.58. The number of hydrogen-bond donors (Lipinski definition) is 2. The summed E-state index contributed by atoms with van der Waals surface area (Å²) in [6.45, 7) is 2.37. The van der Waals surface area contributed by atoms with Crippen LogP contribution >= 0.6 is 12.4 Å². The quantitative estimate of drug-likeness (QED) is 0.764. The van der Waals surface area contributed by atoms with E-state index in [0.717, 1.165) is 13.0 Å². The second-order valence-corrected chi connectivity index (χ2v) is 3.64. The zero-order valence-corrected chi connectivity index (χ0v) is 9.43. The number of hydrogen-bond acceptors (Lipinski definition) is 2. The number of carbonyl (C=O) groups is 1. The van der Waals surface area contributed by atoms with Crippen molar-refractivity contribution in [3.8, 4) is 0 Å². The molecule has 0 aliphatic carbocycles. The Morgan fingerprint density at radius 2 is 2.20 bits per heavy atom. The predicted molar refractivity (Wildman–Crippen MR) is 63.5 cm³/mol. The zero-order valence-electron chi connectivity index (χ0n) is 8.62. The van der Waals surface area contributed by atoms with E-state index in [4.69, 9.17) is 0 Å². The summed E-state index contributed by atoms with van der Waals surface area (Å²) in [4.78, 5) is 10.9. The molecule has 0 saturated carbocycles. The van der Waals surface area contributed by atoms with Crippen LogP contribution in [0.1, 0.15) is 12.5 Å². The van der Waals surface area contributed by atoms with E-state index in [9.17, 15) is 4.79 Å².